The SMILES string of the molecule is [O-]P(Cc1ccccc1)c1ccccc1. The number of rotatable bonds is 3. The van der Waals surface area contributed by atoms with Crippen LogP contribution in [0, 0.1) is 0 Å². The lowest BCUT2D eigenvalue weighted by Gasteiger charge is -2.23. The largest absolute Gasteiger partial charge is 0.826 e. The van der Waals surface area contributed by atoms with E-state index in [1.54, 1.807) is 0 Å². The van der Waals surface area contributed by atoms with E-state index in [4.69, 9.17) is 0 Å². The molecule has 1 nitrogen and oxygen atoms in total. The summed E-state index contributed by atoms with van der Waals surface area (Å²) in [5, 5.41) is 0.927. The average molecular weight is 215 g/mol. The lowest BCUT2D eigenvalue weighted by atomic mass is 10.2. The van der Waals surface area contributed by atoms with Crippen molar-refractivity contribution in [2.24, 2.45) is 0 Å². The fraction of sp³-hybridized carbons (Fsp3) is 0.0769. The first-order valence-corrected chi connectivity index (χ1v) is 6.34. The van der Waals surface area contributed by atoms with Crippen molar-refractivity contribution in [2.75, 3.05) is 0 Å². The molecule has 0 aliphatic rings. The Hall–Kier alpha value is -1.17. The van der Waals surface area contributed by atoms with Gasteiger partial charge >= 0.3 is 0 Å². The van der Waals surface area contributed by atoms with Crippen molar-refractivity contribution in [3.8, 4) is 0 Å². The van der Waals surface area contributed by atoms with E-state index >= 15 is 0 Å². The van der Waals surface area contributed by atoms with Crippen LogP contribution in [0.25, 0.3) is 0 Å². The zero-order valence-electron chi connectivity index (χ0n) is 8.34. The van der Waals surface area contributed by atoms with Gasteiger partial charge in [-0.2, -0.15) is 8.15 Å². The highest BCUT2D eigenvalue weighted by Crippen LogP contribution is 2.28. The molecule has 0 aliphatic heterocycles. The van der Waals surface area contributed by atoms with Crippen LogP contribution in [0.15, 0.2) is 60.7 Å². The van der Waals surface area contributed by atoms with Gasteiger partial charge in [0.2, 0.25) is 0 Å². The maximum Gasteiger partial charge on any atom is -0.0176 e. The molecule has 2 aromatic rings. The number of hydrogen-bond acceptors (Lipinski definition) is 1. The molecule has 0 aliphatic carbocycles. The normalized spacial score (nSPS) is 12.3. The van der Waals surface area contributed by atoms with Gasteiger partial charge in [0.1, 0.15) is 0 Å². The minimum absolute atomic E-state index is 0.625. The van der Waals surface area contributed by atoms with Crippen molar-refractivity contribution in [1.82, 2.24) is 0 Å². The first kappa shape index (κ1) is 10.4. The van der Waals surface area contributed by atoms with Gasteiger partial charge in [0.25, 0.3) is 0 Å². The monoisotopic (exact) mass is 215 g/mol. The van der Waals surface area contributed by atoms with Crippen molar-refractivity contribution in [3.63, 3.8) is 0 Å². The standard InChI is InChI=1S/C13H12OP/c14-15(13-9-5-2-6-10-13)11-12-7-3-1-4-8-12/h1-10H,11H2/q-1. The predicted octanol–water partition coefficient (Wildman–Crippen LogP) is 2.27. The van der Waals surface area contributed by atoms with Crippen molar-refractivity contribution in [3.05, 3.63) is 66.2 Å². The molecule has 2 aromatic carbocycles. The van der Waals surface area contributed by atoms with Crippen LogP contribution < -0.4 is 10.2 Å². The lowest BCUT2D eigenvalue weighted by Crippen LogP contribution is -2.11. The first-order valence-electron chi connectivity index (χ1n) is 4.90. The van der Waals surface area contributed by atoms with E-state index in [9.17, 15) is 4.89 Å². The maximum atomic E-state index is 12.0. The number of benzene rings is 2. The molecular formula is C13H12OP-. The fourth-order valence-electron chi connectivity index (χ4n) is 1.43. The number of hydrogen-bond donors (Lipinski definition) is 0. The van der Waals surface area contributed by atoms with E-state index in [1.807, 2.05) is 60.7 Å². The van der Waals surface area contributed by atoms with Gasteiger partial charge in [0.15, 0.2) is 0 Å². The highest BCUT2D eigenvalue weighted by molar-refractivity contribution is 7.57. The van der Waals surface area contributed by atoms with Crippen LogP contribution in [0.4, 0.5) is 0 Å². The second-order valence-electron chi connectivity index (χ2n) is 3.36. The maximum absolute atomic E-state index is 12.0. The Morgan fingerprint density at radius 2 is 1.33 bits per heavy atom. The van der Waals surface area contributed by atoms with Crippen LogP contribution in [0.1, 0.15) is 5.56 Å². The van der Waals surface area contributed by atoms with Crippen molar-refractivity contribution >= 4 is 13.5 Å². The third-order valence-corrected chi connectivity index (χ3v) is 3.74. The quantitative estimate of drug-likeness (QED) is 0.720. The zero-order valence-corrected chi connectivity index (χ0v) is 9.23. The summed E-state index contributed by atoms with van der Waals surface area (Å²) in [6.07, 6.45) is 0.625. The minimum atomic E-state index is -1.30. The molecule has 0 saturated heterocycles. The Bertz CT molecular complexity index is 399. The molecule has 0 fully saturated rings. The highest BCUT2D eigenvalue weighted by atomic mass is 31.1. The molecule has 15 heavy (non-hydrogen) atoms. The molecule has 0 aromatic heterocycles. The van der Waals surface area contributed by atoms with E-state index < -0.39 is 8.15 Å². The highest BCUT2D eigenvalue weighted by Gasteiger charge is 1.98. The minimum Gasteiger partial charge on any atom is -0.826 e. The van der Waals surface area contributed by atoms with Crippen LogP contribution in [0.3, 0.4) is 0 Å². The Labute approximate surface area is 91.2 Å². The molecule has 0 N–H and O–H groups in total. The molecule has 0 saturated carbocycles. The van der Waals surface area contributed by atoms with Crippen LogP contribution >= 0.6 is 8.15 Å². The fourth-order valence-corrected chi connectivity index (χ4v) is 2.66. The molecular weight excluding hydrogens is 203 g/mol. The molecule has 76 valence electrons. The van der Waals surface area contributed by atoms with Gasteiger partial charge < -0.3 is 4.89 Å². The zero-order chi connectivity index (χ0) is 10.5. The third kappa shape index (κ3) is 2.89. The summed E-state index contributed by atoms with van der Waals surface area (Å²) in [7, 11) is -1.30. The van der Waals surface area contributed by atoms with Crippen LogP contribution in [0.2, 0.25) is 0 Å². The smallest absolute Gasteiger partial charge is 0.0176 e. The van der Waals surface area contributed by atoms with E-state index in [-0.39, 0.29) is 0 Å². The molecule has 0 heterocycles. The van der Waals surface area contributed by atoms with Gasteiger partial charge in [-0.25, -0.2) is 0 Å². The van der Waals surface area contributed by atoms with E-state index in [2.05, 4.69) is 0 Å². The molecule has 0 amide bonds. The molecule has 0 bridgehead atoms. The molecule has 0 spiro atoms. The summed E-state index contributed by atoms with van der Waals surface area (Å²) < 4.78 is 0. The van der Waals surface area contributed by atoms with Crippen molar-refractivity contribution in [1.29, 1.82) is 0 Å². The Morgan fingerprint density at radius 3 is 1.93 bits per heavy atom. The summed E-state index contributed by atoms with van der Waals surface area (Å²) >= 11 is 0. The molecule has 1 atom stereocenters. The van der Waals surface area contributed by atoms with Crippen molar-refractivity contribution < 1.29 is 4.89 Å². The summed E-state index contributed by atoms with van der Waals surface area (Å²) in [4.78, 5) is 12.0. The van der Waals surface area contributed by atoms with E-state index in [1.165, 1.54) is 0 Å². The summed E-state index contributed by atoms with van der Waals surface area (Å²) in [5.41, 5.74) is 1.13. The predicted molar refractivity (Wildman–Crippen MR) is 63.1 cm³/mol. The van der Waals surface area contributed by atoms with Gasteiger partial charge in [-0.05, 0) is 17.0 Å². The molecule has 0 radical (unpaired) electrons. The summed E-state index contributed by atoms with van der Waals surface area (Å²) in [6.45, 7) is 0. The van der Waals surface area contributed by atoms with Gasteiger partial charge in [0.05, 0.1) is 0 Å². The van der Waals surface area contributed by atoms with Crippen molar-refractivity contribution in [2.45, 2.75) is 6.16 Å². The van der Waals surface area contributed by atoms with E-state index in [0.717, 1.165) is 10.9 Å². The topological polar surface area (TPSA) is 23.1 Å². The second-order valence-corrected chi connectivity index (χ2v) is 4.95. The van der Waals surface area contributed by atoms with Gasteiger partial charge in [-0.3, -0.25) is 0 Å². The Morgan fingerprint density at radius 1 is 0.800 bits per heavy atom. The van der Waals surface area contributed by atoms with Crippen LogP contribution in [-0.2, 0) is 6.16 Å². The summed E-state index contributed by atoms with van der Waals surface area (Å²) in [5.74, 6) is 0. The molecule has 2 rings (SSSR count). The van der Waals surface area contributed by atoms with Gasteiger partial charge in [0, 0.05) is 0 Å². The summed E-state index contributed by atoms with van der Waals surface area (Å²) in [6, 6.07) is 19.6. The molecule has 2 heteroatoms. The lowest BCUT2D eigenvalue weighted by molar-refractivity contribution is -0.156. The van der Waals surface area contributed by atoms with Gasteiger partial charge in [-0.1, -0.05) is 60.7 Å². The first-order chi connectivity index (χ1) is 7.36. The Balaban J connectivity index is 2.08. The second kappa shape index (κ2) is 5.06. The molecule has 1 unspecified atom stereocenters. The van der Waals surface area contributed by atoms with Gasteiger partial charge in [-0.15, -0.1) is 0 Å². The average Bonchev–Trinajstić information content (AvgIpc) is 2.31. The van der Waals surface area contributed by atoms with E-state index in [0.29, 0.717) is 6.16 Å². The van der Waals surface area contributed by atoms with Crippen LogP contribution in [0.5, 0.6) is 0 Å². The Kier molecular flexibility index (Phi) is 3.49. The third-order valence-electron chi connectivity index (χ3n) is 2.21. The van der Waals surface area contributed by atoms with Crippen LogP contribution in [-0.4, -0.2) is 0 Å².